The number of aryl methyl sites for hydroxylation is 1. The molecule has 0 atom stereocenters. The first-order chi connectivity index (χ1) is 16.7. The van der Waals surface area contributed by atoms with E-state index in [1.165, 1.54) is 0 Å². The van der Waals surface area contributed by atoms with Crippen molar-refractivity contribution in [2.24, 2.45) is 0 Å². The van der Waals surface area contributed by atoms with Gasteiger partial charge in [0.1, 0.15) is 12.4 Å². The predicted molar refractivity (Wildman–Crippen MR) is 128 cm³/mol. The minimum Gasteiger partial charge on any atom is -0.489 e. The van der Waals surface area contributed by atoms with Crippen LogP contribution < -0.4 is 10.1 Å². The fourth-order valence-corrected chi connectivity index (χ4v) is 3.66. The van der Waals surface area contributed by atoms with E-state index in [2.05, 4.69) is 20.4 Å². The molecule has 34 heavy (non-hydrogen) atoms. The Labute approximate surface area is 196 Å². The molecule has 2 aromatic carbocycles. The summed E-state index contributed by atoms with van der Waals surface area (Å²) >= 11 is 0. The van der Waals surface area contributed by atoms with Gasteiger partial charge in [0, 0.05) is 30.1 Å². The van der Waals surface area contributed by atoms with Crippen molar-refractivity contribution < 1.29 is 14.1 Å². The van der Waals surface area contributed by atoms with Crippen molar-refractivity contribution in [1.82, 2.24) is 20.4 Å². The first-order valence-corrected chi connectivity index (χ1v) is 10.9. The first kappa shape index (κ1) is 21.3. The maximum atomic E-state index is 13.2. The Balaban J connectivity index is 1.30. The van der Waals surface area contributed by atoms with Crippen LogP contribution in [-0.2, 0) is 13.2 Å². The van der Waals surface area contributed by atoms with E-state index < -0.39 is 0 Å². The topological polar surface area (TPSA) is 90.1 Å². The van der Waals surface area contributed by atoms with E-state index in [-0.39, 0.29) is 5.91 Å². The summed E-state index contributed by atoms with van der Waals surface area (Å²) in [6, 6.07) is 22.9. The van der Waals surface area contributed by atoms with Crippen LogP contribution in [0, 0.1) is 6.92 Å². The summed E-state index contributed by atoms with van der Waals surface area (Å²) in [5.41, 5.74) is 4.97. The number of fused-ring (bicyclic) bond motifs is 1. The molecule has 168 valence electrons. The van der Waals surface area contributed by atoms with Crippen molar-refractivity contribution in [2.75, 3.05) is 0 Å². The molecular formula is C27H22N4O3. The Morgan fingerprint density at radius 3 is 2.59 bits per heavy atom. The average molecular weight is 450 g/mol. The summed E-state index contributed by atoms with van der Waals surface area (Å²) in [6.45, 7) is 2.62. The molecule has 3 heterocycles. The second kappa shape index (κ2) is 9.54. The standard InChI is InChI=1S/C27H22N4O3/c1-18-25-23(14-24(30-27(25)34-31-18)21-7-3-2-4-8-21)26(32)29-16-19-9-11-22(12-10-19)33-17-20-6-5-13-28-15-20/h2-15H,16-17H2,1H3,(H,29,32). The van der Waals surface area contributed by atoms with Crippen LogP contribution in [-0.4, -0.2) is 21.0 Å². The van der Waals surface area contributed by atoms with Crippen molar-refractivity contribution in [1.29, 1.82) is 0 Å². The number of carbonyl (C=O) groups excluding carboxylic acids is 1. The summed E-state index contributed by atoms with van der Waals surface area (Å²) in [6.07, 6.45) is 3.51. The highest BCUT2D eigenvalue weighted by Crippen LogP contribution is 2.27. The molecule has 7 heteroatoms. The van der Waals surface area contributed by atoms with Crippen molar-refractivity contribution in [3.8, 4) is 17.0 Å². The third-order valence-corrected chi connectivity index (χ3v) is 5.44. The highest BCUT2D eigenvalue weighted by molar-refractivity contribution is 6.06. The van der Waals surface area contributed by atoms with Crippen LogP contribution in [0.2, 0.25) is 0 Å². The Hall–Kier alpha value is -4.52. The number of amides is 1. The van der Waals surface area contributed by atoms with Crippen LogP contribution in [0.3, 0.4) is 0 Å². The Morgan fingerprint density at radius 2 is 1.82 bits per heavy atom. The summed E-state index contributed by atoms with van der Waals surface area (Å²) in [5, 5.41) is 7.62. The smallest absolute Gasteiger partial charge is 0.259 e. The monoisotopic (exact) mass is 450 g/mol. The lowest BCUT2D eigenvalue weighted by molar-refractivity contribution is 0.0952. The van der Waals surface area contributed by atoms with Crippen LogP contribution in [0.4, 0.5) is 0 Å². The number of pyridine rings is 2. The summed E-state index contributed by atoms with van der Waals surface area (Å²) in [4.78, 5) is 21.8. The molecule has 1 N–H and O–H groups in total. The van der Waals surface area contributed by atoms with Gasteiger partial charge in [0.15, 0.2) is 0 Å². The lowest BCUT2D eigenvalue weighted by Gasteiger charge is -2.10. The zero-order chi connectivity index (χ0) is 23.3. The quantitative estimate of drug-likeness (QED) is 0.371. The van der Waals surface area contributed by atoms with Crippen LogP contribution in [0.15, 0.2) is 89.7 Å². The second-order valence-corrected chi connectivity index (χ2v) is 7.85. The Morgan fingerprint density at radius 1 is 1.00 bits per heavy atom. The molecule has 0 saturated heterocycles. The summed E-state index contributed by atoms with van der Waals surface area (Å²) < 4.78 is 11.2. The molecule has 5 rings (SSSR count). The lowest BCUT2D eigenvalue weighted by Crippen LogP contribution is -2.23. The molecule has 3 aromatic heterocycles. The zero-order valence-electron chi connectivity index (χ0n) is 18.6. The van der Waals surface area contributed by atoms with E-state index in [0.29, 0.717) is 41.2 Å². The van der Waals surface area contributed by atoms with Gasteiger partial charge in [-0.15, -0.1) is 0 Å². The number of hydrogen-bond donors (Lipinski definition) is 1. The first-order valence-electron chi connectivity index (χ1n) is 10.9. The normalized spacial score (nSPS) is 10.9. The molecule has 0 radical (unpaired) electrons. The number of nitrogens with one attached hydrogen (secondary N) is 1. The van der Waals surface area contributed by atoms with Gasteiger partial charge in [-0.3, -0.25) is 9.78 Å². The van der Waals surface area contributed by atoms with E-state index in [4.69, 9.17) is 9.26 Å². The van der Waals surface area contributed by atoms with Gasteiger partial charge in [0.25, 0.3) is 11.6 Å². The van der Waals surface area contributed by atoms with Crippen molar-refractivity contribution in [2.45, 2.75) is 20.1 Å². The molecule has 0 unspecified atom stereocenters. The van der Waals surface area contributed by atoms with Gasteiger partial charge < -0.3 is 14.6 Å². The van der Waals surface area contributed by atoms with Gasteiger partial charge in [0.05, 0.1) is 22.3 Å². The Kier molecular flexibility index (Phi) is 5.99. The number of ether oxygens (including phenoxy) is 1. The van der Waals surface area contributed by atoms with Gasteiger partial charge in [0.2, 0.25) is 0 Å². The van der Waals surface area contributed by atoms with Crippen molar-refractivity contribution in [3.63, 3.8) is 0 Å². The number of hydrogen-bond acceptors (Lipinski definition) is 6. The minimum absolute atomic E-state index is 0.215. The molecule has 0 aliphatic rings. The largest absolute Gasteiger partial charge is 0.489 e. The molecule has 1 amide bonds. The third kappa shape index (κ3) is 4.63. The van der Waals surface area contributed by atoms with Crippen LogP contribution in [0.25, 0.3) is 22.4 Å². The SMILES string of the molecule is Cc1noc2nc(-c3ccccc3)cc(C(=O)NCc3ccc(OCc4cccnc4)cc3)c12. The van der Waals surface area contributed by atoms with E-state index in [1.54, 1.807) is 25.4 Å². The number of carbonyl (C=O) groups is 1. The lowest BCUT2D eigenvalue weighted by atomic mass is 10.0. The van der Waals surface area contributed by atoms with Crippen LogP contribution in [0.1, 0.15) is 27.2 Å². The van der Waals surface area contributed by atoms with Gasteiger partial charge in [-0.1, -0.05) is 53.7 Å². The molecule has 0 spiro atoms. The predicted octanol–water partition coefficient (Wildman–Crippen LogP) is 5.10. The summed E-state index contributed by atoms with van der Waals surface area (Å²) in [5.74, 6) is 0.537. The zero-order valence-corrected chi connectivity index (χ0v) is 18.6. The molecule has 0 fully saturated rings. The maximum absolute atomic E-state index is 13.2. The van der Waals surface area contributed by atoms with E-state index >= 15 is 0 Å². The minimum atomic E-state index is -0.215. The molecule has 0 aliphatic heterocycles. The highest BCUT2D eigenvalue weighted by atomic mass is 16.5. The van der Waals surface area contributed by atoms with E-state index in [0.717, 1.165) is 22.4 Å². The molecule has 0 saturated carbocycles. The second-order valence-electron chi connectivity index (χ2n) is 7.85. The molecule has 5 aromatic rings. The van der Waals surface area contributed by atoms with Gasteiger partial charge in [-0.25, -0.2) is 4.98 Å². The number of rotatable bonds is 7. The van der Waals surface area contributed by atoms with E-state index in [9.17, 15) is 4.79 Å². The molecular weight excluding hydrogens is 428 g/mol. The van der Waals surface area contributed by atoms with Crippen LogP contribution >= 0.6 is 0 Å². The van der Waals surface area contributed by atoms with Gasteiger partial charge >= 0.3 is 0 Å². The average Bonchev–Trinajstić information content (AvgIpc) is 3.28. The summed E-state index contributed by atoms with van der Waals surface area (Å²) in [7, 11) is 0. The van der Waals surface area contributed by atoms with Crippen molar-refractivity contribution >= 4 is 17.0 Å². The third-order valence-electron chi connectivity index (χ3n) is 5.44. The molecule has 0 bridgehead atoms. The maximum Gasteiger partial charge on any atom is 0.259 e. The van der Waals surface area contributed by atoms with E-state index in [1.807, 2.05) is 66.7 Å². The number of benzene rings is 2. The number of nitrogens with zero attached hydrogens (tertiary/aromatic N) is 3. The van der Waals surface area contributed by atoms with Gasteiger partial charge in [-0.05, 0) is 36.8 Å². The van der Waals surface area contributed by atoms with Crippen molar-refractivity contribution in [3.05, 3.63) is 108 Å². The Bertz CT molecular complexity index is 1420. The fourth-order valence-electron chi connectivity index (χ4n) is 3.66. The van der Waals surface area contributed by atoms with Crippen LogP contribution in [0.5, 0.6) is 5.75 Å². The van der Waals surface area contributed by atoms with Gasteiger partial charge in [-0.2, -0.15) is 0 Å². The number of aromatic nitrogens is 3. The fraction of sp³-hybridized carbons (Fsp3) is 0.111. The highest BCUT2D eigenvalue weighted by Gasteiger charge is 2.19. The molecule has 0 aliphatic carbocycles. The molecule has 7 nitrogen and oxygen atoms in total.